The van der Waals surface area contributed by atoms with Gasteiger partial charge in [-0.15, -0.1) is 24.0 Å². The van der Waals surface area contributed by atoms with Crippen LogP contribution < -0.4 is 20.1 Å². The van der Waals surface area contributed by atoms with Gasteiger partial charge in [0.05, 0.1) is 5.75 Å². The van der Waals surface area contributed by atoms with E-state index in [0.29, 0.717) is 32.1 Å². The topological polar surface area (TPSA) is 92.3 Å². The van der Waals surface area contributed by atoms with Crippen LogP contribution in [0.25, 0.3) is 0 Å². The number of benzene rings is 1. The minimum atomic E-state index is -3.21. The molecule has 0 bridgehead atoms. The highest BCUT2D eigenvalue weighted by Crippen LogP contribution is 2.32. The van der Waals surface area contributed by atoms with E-state index in [0.717, 1.165) is 35.0 Å². The summed E-state index contributed by atoms with van der Waals surface area (Å²) < 4.78 is 37.0. The second-order valence-electron chi connectivity index (χ2n) is 6.19. The Morgan fingerprint density at radius 2 is 1.89 bits per heavy atom. The maximum absolute atomic E-state index is 12.3. The summed E-state index contributed by atoms with van der Waals surface area (Å²) in [4.78, 5) is 4.15. The fourth-order valence-corrected chi connectivity index (χ4v) is 5.39. The first-order chi connectivity index (χ1) is 13.1. The standard InChI is InChI=1S/C17H26N4O4S2.HI/c1-18-17(20-6-11-27(22,23)21-7-9-26-10-8-21)19-5-4-14-2-3-15-16(12-14)25-13-24-15;/h2-3,12H,4-11,13H2,1H3,(H2,18,19,20);1H. The van der Waals surface area contributed by atoms with Gasteiger partial charge in [-0.25, -0.2) is 12.7 Å². The monoisotopic (exact) mass is 542 g/mol. The van der Waals surface area contributed by atoms with Crippen molar-refractivity contribution >= 4 is 51.7 Å². The molecule has 1 aromatic rings. The maximum atomic E-state index is 12.3. The Morgan fingerprint density at radius 3 is 2.64 bits per heavy atom. The number of nitrogens with zero attached hydrogens (tertiary/aromatic N) is 2. The molecule has 28 heavy (non-hydrogen) atoms. The zero-order chi connectivity index (χ0) is 19.1. The van der Waals surface area contributed by atoms with E-state index in [1.165, 1.54) is 0 Å². The van der Waals surface area contributed by atoms with Crippen LogP contribution in [0.5, 0.6) is 11.5 Å². The summed E-state index contributed by atoms with van der Waals surface area (Å²) in [5.41, 5.74) is 1.13. The van der Waals surface area contributed by atoms with E-state index in [9.17, 15) is 8.42 Å². The van der Waals surface area contributed by atoms with Crippen LogP contribution in [0, 0.1) is 0 Å². The van der Waals surface area contributed by atoms with Crippen LogP contribution in [0.2, 0.25) is 0 Å². The van der Waals surface area contributed by atoms with Crippen molar-refractivity contribution in [1.29, 1.82) is 0 Å². The van der Waals surface area contributed by atoms with Gasteiger partial charge < -0.3 is 20.1 Å². The quantitative estimate of drug-likeness (QED) is 0.303. The van der Waals surface area contributed by atoms with Crippen LogP contribution in [-0.4, -0.2) is 76.0 Å². The molecule has 1 aromatic carbocycles. The minimum Gasteiger partial charge on any atom is -0.454 e. The van der Waals surface area contributed by atoms with Gasteiger partial charge >= 0.3 is 0 Å². The highest BCUT2D eigenvalue weighted by molar-refractivity contribution is 14.0. The van der Waals surface area contributed by atoms with Crippen LogP contribution in [0.1, 0.15) is 5.56 Å². The molecular formula is C17H27IN4O4S2. The summed E-state index contributed by atoms with van der Waals surface area (Å²) in [5, 5.41) is 6.28. The second-order valence-corrected chi connectivity index (χ2v) is 9.50. The summed E-state index contributed by atoms with van der Waals surface area (Å²) in [5.74, 6) is 3.96. The lowest BCUT2D eigenvalue weighted by atomic mass is 10.1. The number of hydrogen-bond donors (Lipinski definition) is 2. The fraction of sp³-hybridized carbons (Fsp3) is 0.588. The molecule has 2 aliphatic rings. The van der Waals surface area contributed by atoms with Crippen molar-refractivity contribution < 1.29 is 17.9 Å². The van der Waals surface area contributed by atoms with E-state index < -0.39 is 10.0 Å². The van der Waals surface area contributed by atoms with Crippen LogP contribution in [0.4, 0.5) is 0 Å². The van der Waals surface area contributed by atoms with Crippen LogP contribution in [-0.2, 0) is 16.4 Å². The molecule has 0 unspecified atom stereocenters. The Kier molecular flexibility index (Phi) is 9.44. The first-order valence-corrected chi connectivity index (χ1v) is 11.7. The zero-order valence-electron chi connectivity index (χ0n) is 15.8. The normalized spacial score (nSPS) is 17.1. The lowest BCUT2D eigenvalue weighted by Gasteiger charge is -2.25. The average Bonchev–Trinajstić information content (AvgIpc) is 3.15. The van der Waals surface area contributed by atoms with E-state index in [4.69, 9.17) is 9.47 Å². The van der Waals surface area contributed by atoms with E-state index in [2.05, 4.69) is 15.6 Å². The van der Waals surface area contributed by atoms with Gasteiger partial charge in [0.1, 0.15) is 0 Å². The molecule has 0 radical (unpaired) electrons. The highest BCUT2D eigenvalue weighted by atomic mass is 127. The lowest BCUT2D eigenvalue weighted by molar-refractivity contribution is 0.174. The Balaban J connectivity index is 0.00000280. The molecule has 1 fully saturated rings. The predicted octanol–water partition coefficient (Wildman–Crippen LogP) is 1.12. The zero-order valence-corrected chi connectivity index (χ0v) is 19.8. The van der Waals surface area contributed by atoms with Crippen molar-refractivity contribution in [2.75, 3.05) is 57.3 Å². The number of halogens is 1. The van der Waals surface area contributed by atoms with E-state index >= 15 is 0 Å². The lowest BCUT2D eigenvalue weighted by Crippen LogP contribution is -2.44. The third kappa shape index (κ3) is 6.56. The van der Waals surface area contributed by atoms with Crippen LogP contribution in [0.15, 0.2) is 23.2 Å². The summed E-state index contributed by atoms with van der Waals surface area (Å²) >= 11 is 1.80. The molecule has 1 saturated heterocycles. The summed E-state index contributed by atoms with van der Waals surface area (Å²) in [6.45, 7) is 2.49. The van der Waals surface area contributed by atoms with Gasteiger partial charge in [-0.2, -0.15) is 11.8 Å². The van der Waals surface area contributed by atoms with Gasteiger partial charge in [0, 0.05) is 44.7 Å². The number of guanidine groups is 1. The number of sulfonamides is 1. The number of nitrogens with one attached hydrogen (secondary N) is 2. The molecule has 3 rings (SSSR count). The average molecular weight is 542 g/mol. The van der Waals surface area contributed by atoms with Crippen molar-refractivity contribution in [3.63, 3.8) is 0 Å². The summed E-state index contributed by atoms with van der Waals surface area (Å²) in [6, 6.07) is 5.90. The molecule has 11 heteroatoms. The Labute approximate surface area is 187 Å². The van der Waals surface area contributed by atoms with E-state index in [-0.39, 0.29) is 36.5 Å². The van der Waals surface area contributed by atoms with Crippen molar-refractivity contribution in [2.45, 2.75) is 6.42 Å². The highest BCUT2D eigenvalue weighted by Gasteiger charge is 2.23. The second kappa shape index (κ2) is 11.3. The Hall–Kier alpha value is -0.920. The Bertz CT molecular complexity index is 770. The number of hydrogen-bond acceptors (Lipinski definition) is 6. The number of rotatable bonds is 7. The third-order valence-electron chi connectivity index (χ3n) is 4.38. The molecular weight excluding hydrogens is 515 g/mol. The molecule has 8 nitrogen and oxygen atoms in total. The third-order valence-corrected chi connectivity index (χ3v) is 7.20. The number of aliphatic imine (C=N–C) groups is 1. The van der Waals surface area contributed by atoms with Crippen molar-refractivity contribution in [3.05, 3.63) is 23.8 Å². The van der Waals surface area contributed by atoms with Crippen molar-refractivity contribution in [3.8, 4) is 11.5 Å². The first kappa shape index (κ1) is 23.4. The molecule has 0 aliphatic carbocycles. The van der Waals surface area contributed by atoms with Gasteiger partial charge in [-0.1, -0.05) is 6.07 Å². The van der Waals surface area contributed by atoms with E-state index in [1.807, 2.05) is 18.2 Å². The van der Waals surface area contributed by atoms with Crippen LogP contribution in [0.3, 0.4) is 0 Å². The van der Waals surface area contributed by atoms with Gasteiger partial charge in [0.25, 0.3) is 0 Å². The van der Waals surface area contributed by atoms with Gasteiger partial charge in [0.2, 0.25) is 16.8 Å². The molecule has 0 saturated carbocycles. The van der Waals surface area contributed by atoms with Gasteiger partial charge in [-0.3, -0.25) is 4.99 Å². The van der Waals surface area contributed by atoms with Crippen molar-refractivity contribution in [1.82, 2.24) is 14.9 Å². The molecule has 2 aliphatic heterocycles. The molecule has 0 amide bonds. The smallest absolute Gasteiger partial charge is 0.231 e. The number of thioether (sulfide) groups is 1. The maximum Gasteiger partial charge on any atom is 0.231 e. The summed E-state index contributed by atoms with van der Waals surface area (Å²) in [7, 11) is -1.53. The van der Waals surface area contributed by atoms with Crippen LogP contribution >= 0.6 is 35.7 Å². The Morgan fingerprint density at radius 1 is 1.18 bits per heavy atom. The fourth-order valence-electron chi connectivity index (χ4n) is 2.89. The first-order valence-electron chi connectivity index (χ1n) is 8.97. The summed E-state index contributed by atoms with van der Waals surface area (Å²) in [6.07, 6.45) is 0.793. The van der Waals surface area contributed by atoms with Crippen molar-refractivity contribution in [2.24, 2.45) is 4.99 Å². The SMILES string of the molecule is CN=C(NCCc1ccc2c(c1)OCO2)NCCS(=O)(=O)N1CCSCC1.I. The molecule has 158 valence electrons. The van der Waals surface area contributed by atoms with Gasteiger partial charge in [0.15, 0.2) is 17.5 Å². The molecule has 2 heterocycles. The van der Waals surface area contributed by atoms with Gasteiger partial charge in [-0.05, 0) is 24.1 Å². The molecule has 2 N–H and O–H groups in total. The number of ether oxygens (including phenoxy) is 2. The molecule has 0 spiro atoms. The molecule has 0 atom stereocenters. The van der Waals surface area contributed by atoms with E-state index in [1.54, 1.807) is 23.1 Å². The predicted molar refractivity (Wildman–Crippen MR) is 124 cm³/mol. The minimum absolute atomic E-state index is 0. The number of fused-ring (bicyclic) bond motifs is 1. The largest absolute Gasteiger partial charge is 0.454 e. The molecule has 0 aromatic heterocycles.